The van der Waals surface area contributed by atoms with Gasteiger partial charge in [0.1, 0.15) is 17.6 Å². The lowest BCUT2D eigenvalue weighted by Gasteiger charge is -2.29. The minimum atomic E-state index is -0.768. The Morgan fingerprint density at radius 1 is 1.07 bits per heavy atom. The van der Waals surface area contributed by atoms with Gasteiger partial charge >= 0.3 is 0 Å². The van der Waals surface area contributed by atoms with Crippen molar-refractivity contribution in [1.82, 2.24) is 10.2 Å². The molecule has 6 heteroatoms. The van der Waals surface area contributed by atoms with Crippen molar-refractivity contribution in [3.63, 3.8) is 0 Å². The van der Waals surface area contributed by atoms with Crippen molar-refractivity contribution in [1.29, 1.82) is 0 Å². The standard InChI is InChI=1S/C23H29FN2O3/c1-5-18-10-12-20(13-11-18)29-15-22(27)26(17(4)23(28)25-16(2)3)14-19-8-6-7-9-21(19)24/h6-13,16-17H,5,14-15H2,1-4H3,(H,25,28)/t17-/m1/s1. The molecule has 0 aromatic heterocycles. The number of halogens is 1. The van der Waals surface area contributed by atoms with Gasteiger partial charge in [-0.3, -0.25) is 9.59 Å². The van der Waals surface area contributed by atoms with E-state index in [2.05, 4.69) is 12.2 Å². The number of ether oxygens (including phenoxy) is 1. The third kappa shape index (κ3) is 6.59. The maximum Gasteiger partial charge on any atom is 0.261 e. The molecule has 1 N–H and O–H groups in total. The first-order valence-corrected chi connectivity index (χ1v) is 9.86. The largest absolute Gasteiger partial charge is 0.484 e. The van der Waals surface area contributed by atoms with Gasteiger partial charge in [-0.2, -0.15) is 0 Å². The smallest absolute Gasteiger partial charge is 0.261 e. The Bertz CT molecular complexity index is 821. The summed E-state index contributed by atoms with van der Waals surface area (Å²) in [6.07, 6.45) is 0.915. The van der Waals surface area contributed by atoms with Gasteiger partial charge in [-0.15, -0.1) is 0 Å². The van der Waals surface area contributed by atoms with Crippen LogP contribution in [-0.2, 0) is 22.6 Å². The lowest BCUT2D eigenvalue weighted by Crippen LogP contribution is -2.50. The third-order valence-electron chi connectivity index (χ3n) is 4.59. The van der Waals surface area contributed by atoms with Crippen molar-refractivity contribution in [2.24, 2.45) is 0 Å². The highest BCUT2D eigenvalue weighted by molar-refractivity contribution is 5.88. The SMILES string of the molecule is CCc1ccc(OCC(=O)N(Cc2ccccc2F)[C@H](C)C(=O)NC(C)C)cc1. The van der Waals surface area contributed by atoms with Crippen LogP contribution < -0.4 is 10.1 Å². The Labute approximate surface area is 171 Å². The summed E-state index contributed by atoms with van der Waals surface area (Å²) in [5.74, 6) is -0.533. The zero-order chi connectivity index (χ0) is 21.4. The molecule has 0 radical (unpaired) electrons. The number of hydrogen-bond donors (Lipinski definition) is 1. The summed E-state index contributed by atoms with van der Waals surface area (Å²) >= 11 is 0. The minimum absolute atomic E-state index is 0.0175. The quantitative estimate of drug-likeness (QED) is 0.698. The van der Waals surface area contributed by atoms with Gasteiger partial charge in [0.05, 0.1) is 0 Å². The molecule has 0 unspecified atom stereocenters. The molecular weight excluding hydrogens is 371 g/mol. The van der Waals surface area contributed by atoms with E-state index in [0.29, 0.717) is 11.3 Å². The Balaban J connectivity index is 2.14. The molecule has 0 saturated carbocycles. The number of carbonyl (C=O) groups is 2. The maximum atomic E-state index is 14.1. The summed E-state index contributed by atoms with van der Waals surface area (Å²) < 4.78 is 19.8. The fourth-order valence-electron chi connectivity index (χ4n) is 2.85. The summed E-state index contributed by atoms with van der Waals surface area (Å²) in [7, 11) is 0. The lowest BCUT2D eigenvalue weighted by molar-refractivity contribution is -0.142. The molecule has 2 amide bonds. The second kappa shape index (κ2) is 10.6. The van der Waals surface area contributed by atoms with Crippen molar-refractivity contribution in [2.75, 3.05) is 6.61 Å². The molecule has 1 atom stereocenters. The van der Waals surface area contributed by atoms with Crippen LogP contribution in [0, 0.1) is 5.82 Å². The molecule has 2 aromatic carbocycles. The molecule has 29 heavy (non-hydrogen) atoms. The second-order valence-corrected chi connectivity index (χ2v) is 7.24. The maximum absolute atomic E-state index is 14.1. The number of nitrogens with one attached hydrogen (secondary N) is 1. The van der Waals surface area contributed by atoms with Crippen molar-refractivity contribution >= 4 is 11.8 Å². The highest BCUT2D eigenvalue weighted by Crippen LogP contribution is 2.16. The van der Waals surface area contributed by atoms with Gasteiger partial charge in [-0.25, -0.2) is 4.39 Å². The number of amides is 2. The molecule has 5 nitrogen and oxygen atoms in total. The molecule has 0 heterocycles. The fourth-order valence-corrected chi connectivity index (χ4v) is 2.85. The van der Waals surface area contributed by atoms with Gasteiger partial charge in [0.25, 0.3) is 5.91 Å². The van der Waals surface area contributed by atoms with E-state index < -0.39 is 11.9 Å². The minimum Gasteiger partial charge on any atom is -0.484 e. The van der Waals surface area contributed by atoms with Gasteiger partial charge in [0.15, 0.2) is 6.61 Å². The fraction of sp³-hybridized carbons (Fsp3) is 0.391. The van der Waals surface area contributed by atoms with Crippen LogP contribution >= 0.6 is 0 Å². The van der Waals surface area contributed by atoms with E-state index in [1.807, 2.05) is 38.1 Å². The highest BCUT2D eigenvalue weighted by atomic mass is 19.1. The summed E-state index contributed by atoms with van der Waals surface area (Å²) in [4.78, 5) is 26.7. The second-order valence-electron chi connectivity index (χ2n) is 7.24. The Hall–Kier alpha value is -2.89. The van der Waals surface area contributed by atoms with E-state index in [4.69, 9.17) is 4.74 Å². The number of nitrogens with zero attached hydrogens (tertiary/aromatic N) is 1. The average molecular weight is 400 g/mol. The van der Waals surface area contributed by atoms with Crippen molar-refractivity contribution in [2.45, 2.75) is 52.7 Å². The van der Waals surface area contributed by atoms with Gasteiger partial charge in [-0.1, -0.05) is 37.3 Å². The van der Waals surface area contributed by atoms with Crippen LogP contribution in [0.5, 0.6) is 5.75 Å². The predicted molar refractivity (Wildman–Crippen MR) is 111 cm³/mol. The normalized spacial score (nSPS) is 11.8. The first kappa shape index (κ1) is 22.4. The molecule has 156 valence electrons. The van der Waals surface area contributed by atoms with E-state index >= 15 is 0 Å². The first-order chi connectivity index (χ1) is 13.8. The Morgan fingerprint density at radius 2 is 1.72 bits per heavy atom. The molecule has 0 aliphatic heterocycles. The Kier molecular flexibility index (Phi) is 8.19. The van der Waals surface area contributed by atoms with Gasteiger partial charge in [0, 0.05) is 18.2 Å². The Morgan fingerprint density at radius 3 is 2.31 bits per heavy atom. The molecule has 2 aromatic rings. The molecular formula is C23H29FN2O3. The zero-order valence-corrected chi connectivity index (χ0v) is 17.4. The van der Waals surface area contributed by atoms with E-state index in [0.717, 1.165) is 6.42 Å². The van der Waals surface area contributed by atoms with E-state index in [-0.39, 0.29) is 31.0 Å². The molecule has 2 rings (SSSR count). The van der Waals surface area contributed by atoms with Crippen molar-refractivity contribution < 1.29 is 18.7 Å². The summed E-state index contributed by atoms with van der Waals surface area (Å²) in [5.41, 5.74) is 1.51. The number of benzene rings is 2. The third-order valence-corrected chi connectivity index (χ3v) is 4.59. The highest BCUT2D eigenvalue weighted by Gasteiger charge is 2.27. The number of hydrogen-bond acceptors (Lipinski definition) is 3. The number of carbonyl (C=O) groups excluding carboxylic acids is 2. The van der Waals surface area contributed by atoms with E-state index in [1.54, 1.807) is 25.1 Å². The zero-order valence-electron chi connectivity index (χ0n) is 17.4. The average Bonchev–Trinajstić information content (AvgIpc) is 2.70. The van der Waals surface area contributed by atoms with Gasteiger partial charge in [0.2, 0.25) is 5.91 Å². The number of aryl methyl sites for hydroxylation is 1. The van der Waals surface area contributed by atoms with Gasteiger partial charge in [-0.05, 0) is 51.0 Å². The van der Waals surface area contributed by atoms with Crippen molar-refractivity contribution in [3.8, 4) is 5.75 Å². The van der Waals surface area contributed by atoms with Crippen LogP contribution in [0.15, 0.2) is 48.5 Å². The molecule has 0 saturated heterocycles. The molecule has 0 aliphatic carbocycles. The first-order valence-electron chi connectivity index (χ1n) is 9.86. The van der Waals surface area contributed by atoms with E-state index in [9.17, 15) is 14.0 Å². The monoisotopic (exact) mass is 400 g/mol. The summed E-state index contributed by atoms with van der Waals surface area (Å²) in [5, 5.41) is 2.80. The van der Waals surface area contributed by atoms with Crippen LogP contribution in [0.2, 0.25) is 0 Å². The van der Waals surface area contributed by atoms with Crippen LogP contribution in [0.4, 0.5) is 4.39 Å². The van der Waals surface area contributed by atoms with Gasteiger partial charge < -0.3 is 15.0 Å². The molecule has 0 fully saturated rings. The van der Waals surface area contributed by atoms with Crippen LogP contribution in [0.3, 0.4) is 0 Å². The predicted octanol–water partition coefficient (Wildman–Crippen LogP) is 3.71. The topological polar surface area (TPSA) is 58.6 Å². The van der Waals surface area contributed by atoms with Crippen molar-refractivity contribution in [3.05, 3.63) is 65.5 Å². The summed E-state index contributed by atoms with van der Waals surface area (Å²) in [6, 6.07) is 12.9. The van der Waals surface area contributed by atoms with E-state index in [1.165, 1.54) is 16.5 Å². The number of rotatable bonds is 9. The lowest BCUT2D eigenvalue weighted by atomic mass is 10.1. The molecule has 0 spiro atoms. The molecule has 0 bridgehead atoms. The van der Waals surface area contributed by atoms with Crippen LogP contribution in [-0.4, -0.2) is 35.4 Å². The van der Waals surface area contributed by atoms with Crippen LogP contribution in [0.25, 0.3) is 0 Å². The summed E-state index contributed by atoms with van der Waals surface area (Å²) in [6.45, 7) is 7.12. The van der Waals surface area contributed by atoms with Crippen LogP contribution in [0.1, 0.15) is 38.8 Å². The molecule has 0 aliphatic rings.